The number of fused-ring (bicyclic) bond motifs is 1. The molecule has 0 atom stereocenters. The highest BCUT2D eigenvalue weighted by Crippen LogP contribution is 2.22. The van der Waals surface area contributed by atoms with E-state index in [0.717, 1.165) is 43.2 Å². The van der Waals surface area contributed by atoms with Crippen molar-refractivity contribution in [3.63, 3.8) is 0 Å². The maximum atomic E-state index is 5.37. The highest BCUT2D eigenvalue weighted by molar-refractivity contribution is 5.46. The Morgan fingerprint density at radius 1 is 1.36 bits per heavy atom. The fourth-order valence-corrected chi connectivity index (χ4v) is 2.74. The molecule has 4 rings (SSSR count). The third-order valence-electron chi connectivity index (χ3n) is 3.83. The molecule has 6 nitrogen and oxygen atoms in total. The normalized spacial score (nSPS) is 15.0. The van der Waals surface area contributed by atoms with Gasteiger partial charge in [0.05, 0.1) is 17.7 Å². The van der Waals surface area contributed by atoms with Crippen molar-refractivity contribution < 1.29 is 8.94 Å². The molecule has 0 unspecified atom stereocenters. The molecule has 0 N–H and O–H groups in total. The highest BCUT2D eigenvalue weighted by Gasteiger charge is 2.20. The average molecular weight is 296 g/mol. The molecule has 0 radical (unpaired) electrons. The van der Waals surface area contributed by atoms with Crippen LogP contribution in [-0.4, -0.2) is 26.6 Å². The quantitative estimate of drug-likeness (QED) is 0.740. The van der Waals surface area contributed by atoms with Crippen LogP contribution in [0.3, 0.4) is 0 Å². The Morgan fingerprint density at radius 3 is 3.09 bits per heavy atom. The largest absolute Gasteiger partial charge is 0.461 e. The summed E-state index contributed by atoms with van der Waals surface area (Å²) in [6.45, 7) is 4.45. The van der Waals surface area contributed by atoms with Crippen LogP contribution >= 0.6 is 0 Å². The summed E-state index contributed by atoms with van der Waals surface area (Å²) in [5.74, 6) is 2.18. The molecule has 1 aliphatic heterocycles. The molecule has 0 fully saturated rings. The summed E-state index contributed by atoms with van der Waals surface area (Å²) in [4.78, 5) is 11.4. The van der Waals surface area contributed by atoms with Crippen LogP contribution in [0.25, 0.3) is 11.6 Å². The lowest BCUT2D eigenvalue weighted by Gasteiger charge is -2.26. The lowest BCUT2D eigenvalue weighted by atomic mass is 10.1. The zero-order valence-corrected chi connectivity index (χ0v) is 12.3. The van der Waals surface area contributed by atoms with Crippen LogP contribution in [0.5, 0.6) is 0 Å². The Bertz CT molecular complexity index is 779. The van der Waals surface area contributed by atoms with E-state index in [2.05, 4.69) is 20.0 Å². The van der Waals surface area contributed by atoms with Gasteiger partial charge in [-0.05, 0) is 31.0 Å². The smallest absolute Gasteiger partial charge is 0.195 e. The molecule has 0 spiro atoms. The fourth-order valence-electron chi connectivity index (χ4n) is 2.74. The van der Waals surface area contributed by atoms with Crippen molar-refractivity contribution in [1.82, 2.24) is 20.0 Å². The van der Waals surface area contributed by atoms with E-state index in [4.69, 9.17) is 8.94 Å². The van der Waals surface area contributed by atoms with Gasteiger partial charge in [0.1, 0.15) is 5.76 Å². The minimum absolute atomic E-state index is 0.642. The van der Waals surface area contributed by atoms with Crippen LogP contribution in [0.15, 0.2) is 39.6 Å². The Kier molecular flexibility index (Phi) is 3.23. The summed E-state index contributed by atoms with van der Waals surface area (Å²) >= 11 is 0. The number of rotatable bonds is 3. The lowest BCUT2D eigenvalue weighted by molar-refractivity contribution is 0.233. The van der Waals surface area contributed by atoms with Crippen LogP contribution in [0.2, 0.25) is 0 Å². The van der Waals surface area contributed by atoms with Crippen molar-refractivity contribution in [3.8, 4) is 11.6 Å². The van der Waals surface area contributed by atoms with Gasteiger partial charge in [0.25, 0.3) is 0 Å². The van der Waals surface area contributed by atoms with Gasteiger partial charge in [-0.2, -0.15) is 0 Å². The van der Waals surface area contributed by atoms with E-state index in [1.807, 2.05) is 31.3 Å². The molecule has 6 heteroatoms. The predicted octanol–water partition coefficient (Wildman–Crippen LogP) is 2.59. The van der Waals surface area contributed by atoms with Crippen molar-refractivity contribution in [2.75, 3.05) is 6.54 Å². The first kappa shape index (κ1) is 13.2. The maximum absolute atomic E-state index is 5.37. The summed E-state index contributed by atoms with van der Waals surface area (Å²) < 4.78 is 10.5. The van der Waals surface area contributed by atoms with Gasteiger partial charge in [-0.25, -0.2) is 9.97 Å². The molecular weight excluding hydrogens is 280 g/mol. The van der Waals surface area contributed by atoms with Gasteiger partial charge in [-0.1, -0.05) is 5.16 Å². The van der Waals surface area contributed by atoms with Gasteiger partial charge in [-0.3, -0.25) is 4.90 Å². The van der Waals surface area contributed by atoms with E-state index in [1.54, 1.807) is 6.26 Å². The first-order valence-corrected chi connectivity index (χ1v) is 7.31. The molecule has 0 saturated heterocycles. The number of aromatic nitrogens is 3. The van der Waals surface area contributed by atoms with E-state index in [1.165, 1.54) is 5.56 Å². The van der Waals surface area contributed by atoms with Gasteiger partial charge < -0.3 is 8.94 Å². The number of hydrogen-bond acceptors (Lipinski definition) is 6. The van der Waals surface area contributed by atoms with Gasteiger partial charge >= 0.3 is 0 Å². The summed E-state index contributed by atoms with van der Waals surface area (Å²) in [6.07, 6.45) is 4.50. The highest BCUT2D eigenvalue weighted by atomic mass is 16.5. The summed E-state index contributed by atoms with van der Waals surface area (Å²) in [7, 11) is 0. The van der Waals surface area contributed by atoms with Gasteiger partial charge in [0, 0.05) is 31.9 Å². The second-order valence-electron chi connectivity index (χ2n) is 5.53. The zero-order valence-electron chi connectivity index (χ0n) is 12.3. The molecule has 0 aliphatic carbocycles. The summed E-state index contributed by atoms with van der Waals surface area (Å²) in [5.41, 5.74) is 3.23. The average Bonchev–Trinajstić information content (AvgIpc) is 3.18. The van der Waals surface area contributed by atoms with E-state index in [0.29, 0.717) is 11.6 Å². The standard InChI is InChI=1S/C16H16N4O2/c1-11-7-13(19-22-11)9-20-5-4-12-8-17-16(18-14(12)10-20)15-3-2-6-21-15/h2-3,6-8H,4-5,9-10H2,1H3. The topological polar surface area (TPSA) is 68.2 Å². The van der Waals surface area contributed by atoms with Crippen LogP contribution in [0, 0.1) is 6.92 Å². The second-order valence-corrected chi connectivity index (χ2v) is 5.53. The van der Waals surface area contributed by atoms with E-state index < -0.39 is 0 Å². The van der Waals surface area contributed by atoms with Gasteiger partial charge in [-0.15, -0.1) is 0 Å². The zero-order chi connectivity index (χ0) is 14.9. The fraction of sp³-hybridized carbons (Fsp3) is 0.312. The second kappa shape index (κ2) is 5.38. The molecule has 0 amide bonds. The number of aryl methyl sites for hydroxylation is 1. The minimum atomic E-state index is 0.642. The number of furan rings is 1. The van der Waals surface area contributed by atoms with Crippen molar-refractivity contribution in [1.29, 1.82) is 0 Å². The molecule has 4 heterocycles. The SMILES string of the molecule is Cc1cc(CN2CCc3cnc(-c4ccco4)nc3C2)no1. The molecule has 3 aromatic rings. The Morgan fingerprint density at radius 2 is 2.32 bits per heavy atom. The van der Waals surface area contributed by atoms with Crippen LogP contribution < -0.4 is 0 Å². The van der Waals surface area contributed by atoms with Gasteiger partial charge in [0.2, 0.25) is 0 Å². The maximum Gasteiger partial charge on any atom is 0.195 e. The van der Waals surface area contributed by atoms with E-state index in [9.17, 15) is 0 Å². The van der Waals surface area contributed by atoms with Crippen molar-refractivity contribution in [2.45, 2.75) is 26.4 Å². The molecule has 0 bridgehead atoms. The lowest BCUT2D eigenvalue weighted by Crippen LogP contribution is -2.31. The van der Waals surface area contributed by atoms with Crippen LogP contribution in [0.1, 0.15) is 22.7 Å². The van der Waals surface area contributed by atoms with Crippen molar-refractivity contribution in [2.24, 2.45) is 0 Å². The summed E-state index contributed by atoms with van der Waals surface area (Å²) in [6, 6.07) is 5.70. The molecule has 0 saturated carbocycles. The monoisotopic (exact) mass is 296 g/mol. The van der Waals surface area contributed by atoms with Crippen molar-refractivity contribution >= 4 is 0 Å². The molecule has 1 aliphatic rings. The van der Waals surface area contributed by atoms with Crippen LogP contribution in [0.4, 0.5) is 0 Å². The van der Waals surface area contributed by atoms with Crippen molar-refractivity contribution in [3.05, 3.63) is 53.4 Å². The number of nitrogens with zero attached hydrogens (tertiary/aromatic N) is 4. The van der Waals surface area contributed by atoms with Crippen LogP contribution in [-0.2, 0) is 19.5 Å². The van der Waals surface area contributed by atoms with E-state index >= 15 is 0 Å². The predicted molar refractivity (Wildman–Crippen MR) is 78.8 cm³/mol. The Hall–Kier alpha value is -2.47. The first-order chi connectivity index (χ1) is 10.8. The van der Waals surface area contributed by atoms with Gasteiger partial charge in [0.15, 0.2) is 11.6 Å². The Balaban J connectivity index is 1.55. The van der Waals surface area contributed by atoms with E-state index in [-0.39, 0.29) is 0 Å². The first-order valence-electron chi connectivity index (χ1n) is 7.31. The molecule has 112 valence electrons. The molecular formula is C16H16N4O2. The molecule has 0 aromatic carbocycles. The molecule has 3 aromatic heterocycles. The molecule has 22 heavy (non-hydrogen) atoms. The summed E-state index contributed by atoms with van der Waals surface area (Å²) in [5, 5.41) is 4.06. The third kappa shape index (κ3) is 2.53. The Labute approximate surface area is 127 Å². The minimum Gasteiger partial charge on any atom is -0.461 e. The third-order valence-corrected chi connectivity index (χ3v) is 3.83. The number of hydrogen-bond donors (Lipinski definition) is 0.